The summed E-state index contributed by atoms with van der Waals surface area (Å²) in [6, 6.07) is 20.7. The fourth-order valence-electron chi connectivity index (χ4n) is 5.28. The number of hydrogen-bond acceptors (Lipinski definition) is 6. The van der Waals surface area contributed by atoms with Gasteiger partial charge in [-0.3, -0.25) is 19.4 Å². The molecule has 1 aliphatic rings. The lowest BCUT2D eigenvalue weighted by atomic mass is 9.86. The molecule has 0 radical (unpaired) electrons. The number of rotatable bonds is 8. The first-order valence-electron chi connectivity index (χ1n) is 13.7. The molecule has 1 aliphatic carbocycles. The number of aliphatic hydroxyl groups is 1. The molecule has 1 saturated carbocycles. The fraction of sp³-hybridized carbons (Fsp3) is 0.344. The van der Waals surface area contributed by atoms with Crippen molar-refractivity contribution in [1.82, 2.24) is 14.8 Å². The van der Waals surface area contributed by atoms with E-state index in [1.165, 1.54) is 0 Å². The topological polar surface area (TPSA) is 83.7 Å². The number of ether oxygens (including phenoxy) is 1. The highest BCUT2D eigenvalue weighted by molar-refractivity contribution is 5.94. The Kier molecular flexibility index (Phi) is 8.16. The third-order valence-electron chi connectivity index (χ3n) is 7.71. The third kappa shape index (κ3) is 6.02. The van der Waals surface area contributed by atoms with E-state index in [1.807, 2.05) is 33.3 Å². The lowest BCUT2D eigenvalue weighted by Gasteiger charge is -2.29. The van der Waals surface area contributed by atoms with Gasteiger partial charge >= 0.3 is 0 Å². The van der Waals surface area contributed by atoms with Crippen LogP contribution in [0.3, 0.4) is 0 Å². The van der Waals surface area contributed by atoms with Crippen molar-refractivity contribution < 1.29 is 14.6 Å². The number of benzene rings is 2. The Labute approximate surface area is 235 Å². The zero-order valence-corrected chi connectivity index (χ0v) is 23.6. The maximum atomic E-state index is 13.9. The van der Waals surface area contributed by atoms with E-state index in [4.69, 9.17) is 9.84 Å². The summed E-state index contributed by atoms with van der Waals surface area (Å²) in [4.78, 5) is 22.1. The highest BCUT2D eigenvalue weighted by atomic mass is 16.5. The number of aromatic nitrogens is 3. The van der Waals surface area contributed by atoms with Gasteiger partial charge in [-0.05, 0) is 60.6 Å². The van der Waals surface area contributed by atoms with Gasteiger partial charge in [0.05, 0.1) is 31.6 Å². The second-order valence-corrected chi connectivity index (χ2v) is 10.7. The molecule has 4 aromatic rings. The van der Waals surface area contributed by atoms with Gasteiger partial charge < -0.3 is 14.7 Å². The van der Waals surface area contributed by atoms with E-state index < -0.39 is 0 Å². The molecule has 0 saturated heterocycles. The Morgan fingerprint density at radius 1 is 0.950 bits per heavy atom. The Balaban J connectivity index is 1.43. The summed E-state index contributed by atoms with van der Waals surface area (Å²) >= 11 is 0. The van der Waals surface area contributed by atoms with Gasteiger partial charge in [0.15, 0.2) is 5.82 Å². The minimum absolute atomic E-state index is 0.0451. The highest BCUT2D eigenvalue weighted by Crippen LogP contribution is 2.32. The van der Waals surface area contributed by atoms with Crippen LogP contribution in [-0.4, -0.2) is 53.1 Å². The molecule has 1 fully saturated rings. The molecule has 0 atom stereocenters. The van der Waals surface area contributed by atoms with E-state index in [9.17, 15) is 9.90 Å². The van der Waals surface area contributed by atoms with E-state index in [0.29, 0.717) is 43.8 Å². The molecule has 2 heterocycles. The molecule has 2 aromatic heterocycles. The van der Waals surface area contributed by atoms with Crippen LogP contribution < -0.4 is 14.5 Å². The number of anilines is 2. The smallest absolute Gasteiger partial charge is 0.231 e. The summed E-state index contributed by atoms with van der Waals surface area (Å²) in [6.07, 6.45) is 5.76. The molecule has 40 heavy (non-hydrogen) atoms. The SMILES string of the molecule is COc1cncc(-c2cc(N(Cc3ccc(-c4ccc(N(C)C)cc4)cc3)C(=O)C3CCC(O)CC3)nn2C)c1. The number of carbonyl (C=O) groups excluding carboxylic acids is 1. The standard InChI is InChI=1S/C32H37N5O3/c1-35(2)27-13-9-24(10-14-27)23-7-5-22(6-8-23)21-37(32(39)25-11-15-28(38)16-12-25)31-18-30(36(3)34-31)26-17-29(40-4)20-33-19-26/h5-10,13-14,17-20,25,28,38H,11-12,15-16,21H2,1-4H3. The number of carbonyl (C=O) groups is 1. The largest absolute Gasteiger partial charge is 0.495 e. The van der Waals surface area contributed by atoms with Crippen LogP contribution in [0.15, 0.2) is 73.1 Å². The van der Waals surface area contributed by atoms with Gasteiger partial charge in [0.25, 0.3) is 0 Å². The summed E-state index contributed by atoms with van der Waals surface area (Å²) in [5.41, 5.74) is 6.15. The van der Waals surface area contributed by atoms with Crippen molar-refractivity contribution >= 4 is 17.4 Å². The van der Waals surface area contributed by atoms with Crippen LogP contribution in [0, 0.1) is 5.92 Å². The quantitative estimate of drug-likeness (QED) is 0.327. The van der Waals surface area contributed by atoms with Crippen LogP contribution in [0.4, 0.5) is 11.5 Å². The van der Waals surface area contributed by atoms with Crippen molar-refractivity contribution in [3.8, 4) is 28.1 Å². The van der Waals surface area contributed by atoms with Crippen molar-refractivity contribution in [3.05, 3.63) is 78.6 Å². The number of hydrogen-bond donors (Lipinski definition) is 1. The highest BCUT2D eigenvalue weighted by Gasteiger charge is 2.31. The summed E-state index contributed by atoms with van der Waals surface area (Å²) in [7, 11) is 7.55. The van der Waals surface area contributed by atoms with Gasteiger partial charge in [-0.15, -0.1) is 0 Å². The number of amides is 1. The predicted octanol–water partition coefficient (Wildman–Crippen LogP) is 5.31. The van der Waals surface area contributed by atoms with Crippen LogP contribution in [0.5, 0.6) is 5.75 Å². The number of nitrogens with zero attached hydrogens (tertiary/aromatic N) is 5. The molecule has 0 bridgehead atoms. The van der Waals surface area contributed by atoms with Crippen LogP contribution >= 0.6 is 0 Å². The lowest BCUT2D eigenvalue weighted by molar-refractivity contribution is -0.124. The monoisotopic (exact) mass is 539 g/mol. The molecule has 8 nitrogen and oxygen atoms in total. The van der Waals surface area contributed by atoms with Gasteiger partial charge in [-0.2, -0.15) is 5.10 Å². The van der Waals surface area contributed by atoms with Gasteiger partial charge in [0.2, 0.25) is 5.91 Å². The zero-order valence-electron chi connectivity index (χ0n) is 23.6. The molecule has 1 N–H and O–H groups in total. The molecule has 5 rings (SSSR count). The summed E-state index contributed by atoms with van der Waals surface area (Å²) < 4.78 is 7.13. The normalized spacial score (nSPS) is 16.9. The Hall–Kier alpha value is -4.17. The summed E-state index contributed by atoms with van der Waals surface area (Å²) in [5, 5.41) is 14.8. The maximum absolute atomic E-state index is 13.9. The average molecular weight is 540 g/mol. The van der Waals surface area contributed by atoms with E-state index in [-0.39, 0.29) is 17.9 Å². The maximum Gasteiger partial charge on any atom is 0.231 e. The Morgan fingerprint density at radius 3 is 2.23 bits per heavy atom. The molecule has 0 aliphatic heterocycles. The summed E-state index contributed by atoms with van der Waals surface area (Å²) in [6.45, 7) is 0.407. The zero-order chi connectivity index (χ0) is 28.2. The minimum atomic E-state index is -0.321. The van der Waals surface area contributed by atoms with E-state index in [1.54, 1.807) is 29.1 Å². The van der Waals surface area contributed by atoms with Crippen LogP contribution in [0.2, 0.25) is 0 Å². The van der Waals surface area contributed by atoms with Crippen LogP contribution in [0.25, 0.3) is 22.4 Å². The lowest BCUT2D eigenvalue weighted by Crippen LogP contribution is -2.38. The van der Waals surface area contributed by atoms with Crippen LogP contribution in [0.1, 0.15) is 31.2 Å². The van der Waals surface area contributed by atoms with E-state index in [2.05, 4.69) is 58.4 Å². The molecule has 0 spiro atoms. The van der Waals surface area contributed by atoms with E-state index >= 15 is 0 Å². The number of aryl methyl sites for hydroxylation is 1. The molecule has 8 heteroatoms. The second kappa shape index (κ2) is 11.9. The van der Waals surface area contributed by atoms with Gasteiger partial charge in [-0.25, -0.2) is 0 Å². The molecule has 0 unspecified atom stereocenters. The predicted molar refractivity (Wildman–Crippen MR) is 158 cm³/mol. The molecule has 2 aromatic carbocycles. The number of methoxy groups -OCH3 is 1. The molecular formula is C32H37N5O3. The van der Waals surface area contributed by atoms with Crippen molar-refractivity contribution in [3.63, 3.8) is 0 Å². The fourth-order valence-corrected chi connectivity index (χ4v) is 5.28. The second-order valence-electron chi connectivity index (χ2n) is 10.7. The first-order chi connectivity index (χ1) is 19.3. The molecule has 208 valence electrons. The van der Waals surface area contributed by atoms with E-state index in [0.717, 1.165) is 33.6 Å². The van der Waals surface area contributed by atoms with Crippen molar-refractivity contribution in [2.45, 2.75) is 38.3 Å². The summed E-state index contributed by atoms with van der Waals surface area (Å²) in [5.74, 6) is 1.16. The van der Waals surface area contributed by atoms with Crippen molar-refractivity contribution in [2.75, 3.05) is 31.0 Å². The van der Waals surface area contributed by atoms with Crippen LogP contribution in [-0.2, 0) is 18.4 Å². The first kappa shape index (κ1) is 27.4. The Morgan fingerprint density at radius 2 is 1.60 bits per heavy atom. The average Bonchev–Trinajstić information content (AvgIpc) is 3.37. The minimum Gasteiger partial charge on any atom is -0.495 e. The van der Waals surface area contributed by atoms with Crippen molar-refractivity contribution in [2.24, 2.45) is 13.0 Å². The van der Waals surface area contributed by atoms with Gasteiger partial charge in [-0.1, -0.05) is 36.4 Å². The van der Waals surface area contributed by atoms with Gasteiger partial charge in [0.1, 0.15) is 5.75 Å². The van der Waals surface area contributed by atoms with Crippen molar-refractivity contribution in [1.29, 1.82) is 0 Å². The van der Waals surface area contributed by atoms with Gasteiger partial charge in [0, 0.05) is 50.6 Å². The first-order valence-corrected chi connectivity index (χ1v) is 13.7. The molecular weight excluding hydrogens is 502 g/mol. The number of pyridine rings is 1. The molecule has 1 amide bonds. The number of aliphatic hydroxyl groups excluding tert-OH is 1. The third-order valence-corrected chi connectivity index (χ3v) is 7.71. The Bertz CT molecular complexity index is 1440.